The summed E-state index contributed by atoms with van der Waals surface area (Å²) in [6, 6.07) is 0.733. The molecule has 0 aliphatic carbocycles. The largest absolute Gasteiger partial charge is 0.338 e. The van der Waals surface area contributed by atoms with Crippen LogP contribution < -0.4 is 5.32 Å². The van der Waals surface area contributed by atoms with Gasteiger partial charge in [-0.3, -0.25) is 14.3 Å². The van der Waals surface area contributed by atoms with Crippen molar-refractivity contribution in [2.75, 3.05) is 26.3 Å². The third-order valence-corrected chi connectivity index (χ3v) is 5.32. The molecule has 158 valence electrons. The Morgan fingerprint density at radius 3 is 2.69 bits per heavy atom. The fraction of sp³-hybridized carbons (Fsp3) is 0.500. The number of aromatic amines is 1. The molecule has 11 heteroatoms. The average Bonchev–Trinajstić information content (AvgIpc) is 3.16. The Balaban J connectivity index is 1.74. The van der Waals surface area contributed by atoms with Crippen LogP contribution in [-0.2, 0) is 0 Å². The normalized spacial score (nSPS) is 15.7. The Kier molecular flexibility index (Phi) is 6.30. The summed E-state index contributed by atoms with van der Waals surface area (Å²) in [6.45, 7) is -0.405. The topological polar surface area (TPSA) is 78.1 Å². The number of nitrogens with one attached hydrogen (secondary N) is 2. The number of urea groups is 1. The SMILES string of the molecule is O=C(NCCCF)N1CCC(C(F)(F)C(=O)c2c(F)c(Cl)cc3cn[nH]c23)CC1. The number of benzene rings is 1. The molecule has 0 saturated carbocycles. The first-order valence-electron chi connectivity index (χ1n) is 9.09. The van der Waals surface area contributed by atoms with Crippen LogP contribution in [0.1, 0.15) is 29.6 Å². The van der Waals surface area contributed by atoms with Crippen molar-refractivity contribution in [3.8, 4) is 0 Å². The van der Waals surface area contributed by atoms with Crippen molar-refractivity contribution >= 4 is 34.3 Å². The number of Topliss-reactive ketones (excluding diaryl/α,β-unsaturated/α-hetero) is 1. The zero-order valence-electron chi connectivity index (χ0n) is 15.3. The number of H-pyrrole nitrogens is 1. The quantitative estimate of drug-likeness (QED) is 0.410. The van der Waals surface area contributed by atoms with E-state index in [-0.39, 0.29) is 49.8 Å². The van der Waals surface area contributed by atoms with E-state index in [0.717, 1.165) is 0 Å². The molecule has 2 aromatic rings. The number of rotatable bonds is 6. The number of aromatic nitrogens is 2. The first kappa shape index (κ1) is 21.4. The number of nitrogens with zero attached hydrogens (tertiary/aromatic N) is 2. The fourth-order valence-corrected chi connectivity index (χ4v) is 3.63. The van der Waals surface area contributed by atoms with Crippen molar-refractivity contribution in [2.45, 2.75) is 25.2 Å². The summed E-state index contributed by atoms with van der Waals surface area (Å²) in [7, 11) is 0. The first-order chi connectivity index (χ1) is 13.8. The van der Waals surface area contributed by atoms with Gasteiger partial charge in [-0.1, -0.05) is 11.6 Å². The maximum atomic E-state index is 15.0. The van der Waals surface area contributed by atoms with Gasteiger partial charge in [0.25, 0.3) is 0 Å². The lowest BCUT2D eigenvalue weighted by atomic mass is 9.85. The summed E-state index contributed by atoms with van der Waals surface area (Å²) in [5.74, 6) is -8.10. The zero-order chi connectivity index (χ0) is 21.2. The Hall–Kier alpha value is -2.36. The second-order valence-electron chi connectivity index (χ2n) is 6.87. The minimum atomic E-state index is -3.85. The number of halogens is 5. The van der Waals surface area contributed by atoms with Gasteiger partial charge >= 0.3 is 12.0 Å². The van der Waals surface area contributed by atoms with Gasteiger partial charge in [0.2, 0.25) is 5.78 Å². The van der Waals surface area contributed by atoms with Gasteiger partial charge in [0.15, 0.2) is 5.82 Å². The van der Waals surface area contributed by atoms with Gasteiger partial charge in [-0.05, 0) is 25.3 Å². The van der Waals surface area contributed by atoms with Crippen LogP contribution in [0.25, 0.3) is 10.9 Å². The molecule has 0 spiro atoms. The summed E-state index contributed by atoms with van der Waals surface area (Å²) in [6.07, 6.45) is 1.16. The molecule has 3 rings (SSSR count). The summed E-state index contributed by atoms with van der Waals surface area (Å²) in [4.78, 5) is 25.9. The zero-order valence-corrected chi connectivity index (χ0v) is 16.0. The van der Waals surface area contributed by atoms with E-state index in [1.807, 2.05) is 0 Å². The van der Waals surface area contributed by atoms with Crippen molar-refractivity contribution < 1.29 is 27.2 Å². The maximum absolute atomic E-state index is 15.0. The fourth-order valence-electron chi connectivity index (χ4n) is 3.42. The Morgan fingerprint density at radius 1 is 1.34 bits per heavy atom. The molecular formula is C18H19ClF4N4O2. The molecule has 1 aromatic carbocycles. The second kappa shape index (κ2) is 8.56. The minimum absolute atomic E-state index is 0.00644. The van der Waals surface area contributed by atoms with Crippen LogP contribution in [0, 0.1) is 11.7 Å². The van der Waals surface area contributed by atoms with Crippen molar-refractivity contribution in [2.24, 2.45) is 5.92 Å². The van der Waals surface area contributed by atoms with Crippen molar-refractivity contribution in [1.29, 1.82) is 0 Å². The molecule has 1 aliphatic heterocycles. The number of ketones is 1. The van der Waals surface area contributed by atoms with E-state index in [4.69, 9.17) is 11.6 Å². The Labute approximate surface area is 168 Å². The van der Waals surface area contributed by atoms with Crippen molar-refractivity contribution in [3.05, 3.63) is 28.7 Å². The number of amides is 2. The molecule has 2 amide bonds. The number of hydrogen-bond donors (Lipinski definition) is 2. The maximum Gasteiger partial charge on any atom is 0.317 e. The lowest BCUT2D eigenvalue weighted by molar-refractivity contribution is -0.0468. The number of carbonyl (C=O) groups is 2. The smallest absolute Gasteiger partial charge is 0.317 e. The lowest BCUT2D eigenvalue weighted by Crippen LogP contribution is -2.49. The number of carbonyl (C=O) groups excluding carboxylic acids is 2. The van der Waals surface area contributed by atoms with Gasteiger partial charge in [-0.25, -0.2) is 9.18 Å². The summed E-state index contributed by atoms with van der Waals surface area (Å²) >= 11 is 5.75. The van der Waals surface area contributed by atoms with E-state index in [1.165, 1.54) is 17.2 Å². The number of likely N-dealkylation sites (tertiary alicyclic amines) is 1. The van der Waals surface area contributed by atoms with Crippen LogP contribution in [0.4, 0.5) is 22.4 Å². The predicted octanol–water partition coefficient (Wildman–Crippen LogP) is 3.95. The van der Waals surface area contributed by atoms with Crippen molar-refractivity contribution in [1.82, 2.24) is 20.4 Å². The molecule has 29 heavy (non-hydrogen) atoms. The van der Waals surface area contributed by atoms with E-state index >= 15 is 0 Å². The summed E-state index contributed by atoms with van der Waals surface area (Å²) < 4.78 is 56.5. The molecule has 0 bridgehead atoms. The average molecular weight is 435 g/mol. The molecule has 0 unspecified atom stereocenters. The molecular weight excluding hydrogens is 416 g/mol. The van der Waals surface area contributed by atoms with E-state index in [1.54, 1.807) is 0 Å². The van der Waals surface area contributed by atoms with Gasteiger partial charge in [0, 0.05) is 30.9 Å². The monoisotopic (exact) mass is 434 g/mol. The van der Waals surface area contributed by atoms with E-state index in [0.29, 0.717) is 0 Å². The number of piperidine rings is 1. The van der Waals surface area contributed by atoms with Crippen LogP contribution in [0.3, 0.4) is 0 Å². The molecule has 0 radical (unpaired) electrons. The Morgan fingerprint density at radius 2 is 2.03 bits per heavy atom. The van der Waals surface area contributed by atoms with E-state index in [2.05, 4.69) is 15.5 Å². The molecule has 1 fully saturated rings. The molecule has 1 aromatic heterocycles. The van der Waals surface area contributed by atoms with Gasteiger partial charge in [0.05, 0.1) is 29.0 Å². The van der Waals surface area contributed by atoms with Crippen LogP contribution in [0.5, 0.6) is 0 Å². The number of fused-ring (bicyclic) bond motifs is 1. The van der Waals surface area contributed by atoms with Crippen molar-refractivity contribution in [3.63, 3.8) is 0 Å². The van der Waals surface area contributed by atoms with Crippen LogP contribution >= 0.6 is 11.6 Å². The summed E-state index contributed by atoms with van der Waals surface area (Å²) in [5.41, 5.74) is -0.956. The highest BCUT2D eigenvalue weighted by molar-refractivity contribution is 6.32. The standard InChI is InChI=1S/C18H19ClF4N4O2/c19-12-8-10-9-25-26-15(10)13(14(12)21)16(28)18(22,23)11-2-6-27(7-3-11)17(29)24-5-1-4-20/h8-9,11H,1-7H2,(H,24,29)(H,25,26). The molecule has 2 heterocycles. The van der Waals surface area contributed by atoms with Gasteiger partial charge in [0.1, 0.15) is 0 Å². The van der Waals surface area contributed by atoms with E-state index in [9.17, 15) is 27.2 Å². The van der Waals surface area contributed by atoms with Crippen LogP contribution in [-0.4, -0.2) is 59.1 Å². The third kappa shape index (κ3) is 4.17. The van der Waals surface area contributed by atoms with Crippen LogP contribution in [0.2, 0.25) is 5.02 Å². The lowest BCUT2D eigenvalue weighted by Gasteiger charge is -2.35. The van der Waals surface area contributed by atoms with Gasteiger partial charge in [-0.2, -0.15) is 13.9 Å². The summed E-state index contributed by atoms with van der Waals surface area (Å²) in [5, 5.41) is 8.33. The molecule has 1 saturated heterocycles. The number of hydrogen-bond acceptors (Lipinski definition) is 3. The highest BCUT2D eigenvalue weighted by Gasteiger charge is 2.50. The van der Waals surface area contributed by atoms with Crippen LogP contribution in [0.15, 0.2) is 12.3 Å². The number of alkyl halides is 3. The second-order valence-corrected chi connectivity index (χ2v) is 7.28. The molecule has 6 nitrogen and oxygen atoms in total. The van der Waals surface area contributed by atoms with E-state index < -0.39 is 46.7 Å². The van der Waals surface area contributed by atoms with Gasteiger partial charge < -0.3 is 10.2 Å². The predicted molar refractivity (Wildman–Crippen MR) is 98.6 cm³/mol. The highest BCUT2D eigenvalue weighted by Crippen LogP contribution is 2.38. The minimum Gasteiger partial charge on any atom is -0.338 e. The molecule has 2 N–H and O–H groups in total. The van der Waals surface area contributed by atoms with Gasteiger partial charge in [-0.15, -0.1) is 0 Å². The molecule has 0 atom stereocenters. The highest BCUT2D eigenvalue weighted by atomic mass is 35.5. The Bertz CT molecular complexity index is 913. The first-order valence-corrected chi connectivity index (χ1v) is 9.47. The third-order valence-electron chi connectivity index (χ3n) is 5.04. The molecule has 1 aliphatic rings.